The lowest BCUT2D eigenvalue weighted by Crippen LogP contribution is -2.35. The van der Waals surface area contributed by atoms with Gasteiger partial charge in [0.05, 0.1) is 16.6 Å². The first kappa shape index (κ1) is 21.0. The third-order valence-electron chi connectivity index (χ3n) is 4.60. The van der Waals surface area contributed by atoms with Crippen LogP contribution in [0.4, 0.5) is 8.78 Å². The Kier molecular flexibility index (Phi) is 6.30. The Bertz CT molecular complexity index is 1020. The van der Waals surface area contributed by atoms with E-state index in [2.05, 4.69) is 10.5 Å². The van der Waals surface area contributed by atoms with Crippen molar-refractivity contribution in [2.45, 2.75) is 13.0 Å². The van der Waals surface area contributed by atoms with E-state index in [9.17, 15) is 13.6 Å². The molecule has 1 unspecified atom stereocenters. The fraction of sp³-hybridized carbons (Fsp3) is 0.238. The first-order valence-corrected chi connectivity index (χ1v) is 9.28. The van der Waals surface area contributed by atoms with E-state index in [1.54, 1.807) is 19.1 Å². The van der Waals surface area contributed by atoms with Crippen molar-refractivity contribution >= 4 is 17.5 Å². The number of benzene rings is 2. The molecule has 1 atom stereocenters. The van der Waals surface area contributed by atoms with Crippen molar-refractivity contribution in [1.29, 1.82) is 0 Å². The number of nitrogens with one attached hydrogen (secondary N) is 1. The number of rotatable bonds is 6. The molecule has 0 aliphatic rings. The van der Waals surface area contributed by atoms with Gasteiger partial charge in [0.1, 0.15) is 28.7 Å². The molecular formula is C21H20ClF2N3O2. The Labute approximate surface area is 172 Å². The molecule has 0 bridgehead atoms. The van der Waals surface area contributed by atoms with Gasteiger partial charge in [0, 0.05) is 6.54 Å². The maximum atomic E-state index is 14.3. The SMILES string of the molecule is Cc1onc(-c2c(F)cccc2Cl)c1C(=O)NCC(c1cccc(F)c1)N(C)C. The van der Waals surface area contributed by atoms with E-state index in [1.165, 1.54) is 30.3 Å². The molecule has 0 saturated carbocycles. The van der Waals surface area contributed by atoms with Crippen LogP contribution >= 0.6 is 11.6 Å². The lowest BCUT2D eigenvalue weighted by atomic mass is 10.0. The van der Waals surface area contributed by atoms with E-state index in [0.717, 1.165) is 5.56 Å². The van der Waals surface area contributed by atoms with Gasteiger partial charge < -0.3 is 14.7 Å². The van der Waals surface area contributed by atoms with Crippen LogP contribution in [-0.2, 0) is 0 Å². The molecule has 1 N–H and O–H groups in total. The molecule has 0 saturated heterocycles. The highest BCUT2D eigenvalue weighted by Gasteiger charge is 2.26. The Morgan fingerprint density at radius 2 is 1.97 bits per heavy atom. The van der Waals surface area contributed by atoms with Crippen LogP contribution in [0.25, 0.3) is 11.3 Å². The van der Waals surface area contributed by atoms with Crippen molar-refractivity contribution in [1.82, 2.24) is 15.4 Å². The van der Waals surface area contributed by atoms with E-state index < -0.39 is 11.7 Å². The Balaban J connectivity index is 1.87. The minimum absolute atomic E-state index is 0.00505. The van der Waals surface area contributed by atoms with E-state index in [4.69, 9.17) is 16.1 Å². The lowest BCUT2D eigenvalue weighted by molar-refractivity contribution is 0.0941. The number of hydrogen-bond acceptors (Lipinski definition) is 4. The van der Waals surface area contributed by atoms with Crippen LogP contribution in [0.1, 0.15) is 27.7 Å². The summed E-state index contributed by atoms with van der Waals surface area (Å²) in [4.78, 5) is 14.8. The summed E-state index contributed by atoms with van der Waals surface area (Å²) in [6, 6.07) is 10.1. The zero-order chi connectivity index (χ0) is 21.1. The molecule has 1 amide bonds. The molecule has 8 heteroatoms. The molecule has 152 valence electrons. The van der Waals surface area contributed by atoms with E-state index in [-0.39, 0.29) is 46.0 Å². The summed E-state index contributed by atoms with van der Waals surface area (Å²) in [7, 11) is 3.66. The molecule has 5 nitrogen and oxygen atoms in total. The summed E-state index contributed by atoms with van der Waals surface area (Å²) in [5.41, 5.74) is 0.865. The van der Waals surface area contributed by atoms with Crippen LogP contribution in [0.15, 0.2) is 47.0 Å². The zero-order valence-corrected chi connectivity index (χ0v) is 16.9. The molecule has 3 aromatic rings. The first-order chi connectivity index (χ1) is 13.8. The molecule has 0 fully saturated rings. The first-order valence-electron chi connectivity index (χ1n) is 8.90. The third-order valence-corrected chi connectivity index (χ3v) is 4.92. The minimum atomic E-state index is -0.606. The highest BCUT2D eigenvalue weighted by atomic mass is 35.5. The fourth-order valence-electron chi connectivity index (χ4n) is 3.12. The minimum Gasteiger partial charge on any atom is -0.360 e. The second-order valence-corrected chi connectivity index (χ2v) is 7.21. The smallest absolute Gasteiger partial charge is 0.257 e. The van der Waals surface area contributed by atoms with E-state index in [1.807, 2.05) is 19.0 Å². The van der Waals surface area contributed by atoms with Gasteiger partial charge in [-0.15, -0.1) is 0 Å². The van der Waals surface area contributed by atoms with Crippen molar-refractivity contribution < 1.29 is 18.1 Å². The van der Waals surface area contributed by atoms with Crippen LogP contribution in [0.2, 0.25) is 5.02 Å². The molecule has 29 heavy (non-hydrogen) atoms. The highest BCUT2D eigenvalue weighted by molar-refractivity contribution is 6.33. The second kappa shape index (κ2) is 8.71. The van der Waals surface area contributed by atoms with Crippen molar-refractivity contribution in [3.05, 3.63) is 76.0 Å². The molecular weight excluding hydrogens is 400 g/mol. The van der Waals surface area contributed by atoms with Gasteiger partial charge in [-0.3, -0.25) is 4.79 Å². The fourth-order valence-corrected chi connectivity index (χ4v) is 3.38. The summed E-state index contributed by atoms with van der Waals surface area (Å²) in [6.07, 6.45) is 0. The van der Waals surface area contributed by atoms with Crippen LogP contribution < -0.4 is 5.32 Å². The molecule has 0 aliphatic heterocycles. The molecule has 3 rings (SSSR count). The monoisotopic (exact) mass is 419 g/mol. The summed E-state index contributed by atoms with van der Waals surface area (Å²) < 4.78 is 33.1. The summed E-state index contributed by atoms with van der Waals surface area (Å²) in [5.74, 6) is -1.21. The van der Waals surface area contributed by atoms with Gasteiger partial charge in [0.25, 0.3) is 5.91 Å². The van der Waals surface area contributed by atoms with Crippen LogP contribution in [0.3, 0.4) is 0 Å². The normalized spacial score (nSPS) is 12.2. The van der Waals surface area contributed by atoms with Gasteiger partial charge >= 0.3 is 0 Å². The summed E-state index contributed by atoms with van der Waals surface area (Å²) in [6.45, 7) is 1.76. The quantitative estimate of drug-likeness (QED) is 0.633. The number of halogens is 3. The third kappa shape index (κ3) is 4.46. The summed E-state index contributed by atoms with van der Waals surface area (Å²) >= 11 is 6.12. The molecule has 1 aromatic heterocycles. The number of carbonyl (C=O) groups excluding carboxylic acids is 1. The number of carbonyl (C=O) groups is 1. The molecule has 0 spiro atoms. The maximum Gasteiger partial charge on any atom is 0.257 e. The predicted molar refractivity (Wildman–Crippen MR) is 107 cm³/mol. The Morgan fingerprint density at radius 1 is 1.24 bits per heavy atom. The van der Waals surface area contributed by atoms with Gasteiger partial charge in [-0.05, 0) is 50.8 Å². The van der Waals surface area contributed by atoms with Crippen LogP contribution in [0.5, 0.6) is 0 Å². The average Bonchev–Trinajstić information content (AvgIpc) is 3.02. The number of amides is 1. The van der Waals surface area contributed by atoms with Crippen molar-refractivity contribution in [2.24, 2.45) is 0 Å². The van der Waals surface area contributed by atoms with Gasteiger partial charge in [0.15, 0.2) is 0 Å². The Hall–Kier alpha value is -2.77. The topological polar surface area (TPSA) is 58.4 Å². The predicted octanol–water partition coefficient (Wildman–Crippen LogP) is 4.61. The molecule has 1 heterocycles. The largest absolute Gasteiger partial charge is 0.360 e. The van der Waals surface area contributed by atoms with E-state index in [0.29, 0.717) is 0 Å². The highest BCUT2D eigenvalue weighted by Crippen LogP contribution is 2.33. The van der Waals surface area contributed by atoms with E-state index >= 15 is 0 Å². The van der Waals surface area contributed by atoms with Gasteiger partial charge in [0.2, 0.25) is 0 Å². The van der Waals surface area contributed by atoms with Crippen molar-refractivity contribution in [3.63, 3.8) is 0 Å². The lowest BCUT2D eigenvalue weighted by Gasteiger charge is -2.25. The van der Waals surface area contributed by atoms with Crippen molar-refractivity contribution in [2.75, 3.05) is 20.6 Å². The Morgan fingerprint density at radius 3 is 2.62 bits per heavy atom. The maximum absolute atomic E-state index is 14.3. The van der Waals surface area contributed by atoms with Crippen molar-refractivity contribution in [3.8, 4) is 11.3 Å². The molecule has 0 radical (unpaired) electrons. The van der Waals surface area contributed by atoms with Gasteiger partial charge in [-0.2, -0.15) is 0 Å². The summed E-state index contributed by atoms with van der Waals surface area (Å²) in [5, 5.41) is 6.77. The van der Waals surface area contributed by atoms with Gasteiger partial charge in [-0.25, -0.2) is 8.78 Å². The molecule has 2 aromatic carbocycles. The number of nitrogens with zero attached hydrogens (tertiary/aromatic N) is 2. The van der Waals surface area contributed by atoms with Gasteiger partial charge in [-0.1, -0.05) is 35.0 Å². The number of likely N-dealkylation sites (N-methyl/N-ethyl adjacent to an activating group) is 1. The number of hydrogen-bond donors (Lipinski definition) is 1. The van der Waals surface area contributed by atoms with Crippen LogP contribution in [0, 0.1) is 18.6 Å². The number of aromatic nitrogens is 1. The molecule has 0 aliphatic carbocycles. The van der Waals surface area contributed by atoms with Crippen LogP contribution in [-0.4, -0.2) is 36.6 Å². The second-order valence-electron chi connectivity index (χ2n) is 6.80. The average molecular weight is 420 g/mol. The number of aryl methyl sites for hydroxylation is 1. The zero-order valence-electron chi connectivity index (χ0n) is 16.2. The standard InChI is InChI=1S/C21H20ClF2N3O2/c1-12-18(20(26-29-12)19-15(22)8-5-9-16(19)24)21(28)25-11-17(27(2)3)13-6-4-7-14(23)10-13/h4-10,17H,11H2,1-3H3,(H,25,28).